The molecule has 1 heterocycles. The number of aliphatic carboxylic acids is 1. The summed E-state index contributed by atoms with van der Waals surface area (Å²) in [6, 6.07) is 20.4. The summed E-state index contributed by atoms with van der Waals surface area (Å²) in [5.41, 5.74) is 8.22. The topological polar surface area (TPSA) is 90.5 Å². The number of benzene rings is 3. The van der Waals surface area contributed by atoms with E-state index in [0.29, 0.717) is 18.0 Å². The number of halogens is 3. The Morgan fingerprint density at radius 2 is 1.65 bits per heavy atom. The molecule has 6 nitrogen and oxygen atoms in total. The second kappa shape index (κ2) is 11.8. The van der Waals surface area contributed by atoms with Gasteiger partial charge in [-0.25, -0.2) is 4.79 Å². The maximum atomic E-state index is 13.2. The smallest absolute Gasteiger partial charge is 0.475 e. The molecular weight excluding hydrogens is 483 g/mol. The van der Waals surface area contributed by atoms with E-state index in [2.05, 4.69) is 54.9 Å². The number of rotatable bonds is 5. The lowest BCUT2D eigenvalue weighted by Crippen LogP contribution is -2.21. The van der Waals surface area contributed by atoms with Gasteiger partial charge in [-0.2, -0.15) is 13.2 Å². The van der Waals surface area contributed by atoms with Gasteiger partial charge >= 0.3 is 12.1 Å². The zero-order valence-corrected chi connectivity index (χ0v) is 20.9. The minimum atomic E-state index is -5.08. The van der Waals surface area contributed by atoms with Gasteiger partial charge < -0.3 is 21.1 Å². The molecule has 0 spiro atoms. The molecule has 0 bridgehead atoms. The predicted octanol–water partition coefficient (Wildman–Crippen LogP) is 6.72. The number of aryl methyl sites for hydroxylation is 2. The Balaban J connectivity index is 0.000000479. The fraction of sp³-hybridized carbons (Fsp3) is 0.286. The molecule has 0 saturated carbocycles. The highest BCUT2D eigenvalue weighted by molar-refractivity contribution is 6.10. The number of carboxylic acid groups (broad SMARTS) is 1. The van der Waals surface area contributed by atoms with Gasteiger partial charge in [-0.15, -0.1) is 0 Å². The number of hydrogen-bond acceptors (Lipinski definition) is 4. The van der Waals surface area contributed by atoms with E-state index >= 15 is 0 Å². The molecule has 0 radical (unpaired) electrons. The molecule has 1 aliphatic heterocycles. The maximum Gasteiger partial charge on any atom is 0.490 e. The Hall–Kier alpha value is -4.01. The van der Waals surface area contributed by atoms with Crippen molar-refractivity contribution in [2.45, 2.75) is 45.8 Å². The summed E-state index contributed by atoms with van der Waals surface area (Å²) in [4.78, 5) is 22.1. The molecule has 196 valence electrons. The molecule has 0 aromatic heterocycles. The Kier molecular flexibility index (Phi) is 8.81. The van der Waals surface area contributed by atoms with Gasteiger partial charge in [-0.3, -0.25) is 4.79 Å². The van der Waals surface area contributed by atoms with Crippen LogP contribution in [0.4, 0.5) is 30.2 Å². The second-order valence-electron chi connectivity index (χ2n) is 8.98. The van der Waals surface area contributed by atoms with E-state index < -0.39 is 12.1 Å². The van der Waals surface area contributed by atoms with Crippen molar-refractivity contribution in [1.82, 2.24) is 0 Å². The van der Waals surface area contributed by atoms with Crippen molar-refractivity contribution in [1.29, 1.82) is 0 Å². The molecular formula is C28H30F3N3O3. The third kappa shape index (κ3) is 7.25. The van der Waals surface area contributed by atoms with Gasteiger partial charge in [0.05, 0.1) is 22.6 Å². The maximum absolute atomic E-state index is 13.2. The Labute approximate surface area is 213 Å². The predicted molar refractivity (Wildman–Crippen MR) is 139 cm³/mol. The molecule has 0 saturated heterocycles. The highest BCUT2D eigenvalue weighted by Gasteiger charge is 2.38. The van der Waals surface area contributed by atoms with Gasteiger partial charge in [-0.1, -0.05) is 49.4 Å². The van der Waals surface area contributed by atoms with Crippen LogP contribution in [-0.4, -0.2) is 29.7 Å². The first-order valence-electron chi connectivity index (χ1n) is 11.8. The van der Waals surface area contributed by atoms with Crippen LogP contribution in [0, 0.1) is 13.8 Å². The monoisotopic (exact) mass is 513 g/mol. The molecule has 1 amide bonds. The standard InChI is InChI=1S/C26H29N3O.C2HF3O2/c1-17-14-21-19(3)12-13-27-25(21)22(15-17)26(30)29-24-11-7-6-10-23(24)28-16-20-9-5-4-8-18(20)2;3-2(4,5)1(6)7/h4-11,14-15,19,27-28H,12-13,16H2,1-3H3,(H,29,30);(H,6,7). The summed E-state index contributed by atoms with van der Waals surface area (Å²) in [5, 5.41) is 17.2. The molecule has 3 aromatic carbocycles. The third-order valence-electron chi connectivity index (χ3n) is 6.12. The lowest BCUT2D eigenvalue weighted by Gasteiger charge is -2.26. The highest BCUT2D eigenvalue weighted by Crippen LogP contribution is 2.35. The first kappa shape index (κ1) is 27.6. The van der Waals surface area contributed by atoms with E-state index in [-0.39, 0.29) is 5.91 Å². The van der Waals surface area contributed by atoms with Crippen LogP contribution in [0.15, 0.2) is 60.7 Å². The molecule has 0 fully saturated rings. The van der Waals surface area contributed by atoms with Gasteiger partial charge in [0, 0.05) is 13.1 Å². The summed E-state index contributed by atoms with van der Waals surface area (Å²) in [7, 11) is 0. The van der Waals surface area contributed by atoms with Gasteiger partial charge in [-0.05, 0) is 66.6 Å². The number of nitrogens with one attached hydrogen (secondary N) is 3. The van der Waals surface area contributed by atoms with Gasteiger partial charge in [0.2, 0.25) is 0 Å². The fourth-order valence-electron chi connectivity index (χ4n) is 4.08. The van der Waals surface area contributed by atoms with E-state index in [1.165, 1.54) is 16.7 Å². The number of anilines is 3. The molecule has 4 N–H and O–H groups in total. The number of alkyl halides is 3. The second-order valence-corrected chi connectivity index (χ2v) is 8.98. The van der Waals surface area contributed by atoms with Crippen LogP contribution >= 0.6 is 0 Å². The van der Waals surface area contributed by atoms with Crippen molar-refractivity contribution in [2.24, 2.45) is 0 Å². The van der Waals surface area contributed by atoms with E-state index in [9.17, 15) is 18.0 Å². The van der Waals surface area contributed by atoms with E-state index in [1.807, 2.05) is 42.5 Å². The highest BCUT2D eigenvalue weighted by atomic mass is 19.4. The van der Waals surface area contributed by atoms with Crippen molar-refractivity contribution in [3.05, 3.63) is 88.5 Å². The Morgan fingerprint density at radius 3 is 2.30 bits per heavy atom. The Morgan fingerprint density at radius 1 is 1.03 bits per heavy atom. The summed E-state index contributed by atoms with van der Waals surface area (Å²) in [6.07, 6.45) is -4.00. The van der Waals surface area contributed by atoms with Crippen molar-refractivity contribution < 1.29 is 27.9 Å². The SMILES string of the molecule is Cc1cc(C(=O)Nc2ccccc2NCc2ccccc2C)c2c(c1)C(C)CCN2.O=C(O)C(F)(F)F. The zero-order chi connectivity index (χ0) is 27.2. The van der Waals surface area contributed by atoms with Crippen LogP contribution < -0.4 is 16.0 Å². The van der Waals surface area contributed by atoms with Gasteiger partial charge in [0.25, 0.3) is 5.91 Å². The molecule has 4 rings (SSSR count). The van der Waals surface area contributed by atoms with Gasteiger partial charge in [0.15, 0.2) is 0 Å². The lowest BCUT2D eigenvalue weighted by atomic mass is 9.89. The van der Waals surface area contributed by atoms with Crippen LogP contribution in [0.3, 0.4) is 0 Å². The minimum Gasteiger partial charge on any atom is -0.475 e. The fourth-order valence-corrected chi connectivity index (χ4v) is 4.08. The number of fused-ring (bicyclic) bond motifs is 1. The van der Waals surface area contributed by atoms with Crippen LogP contribution in [0.25, 0.3) is 0 Å². The molecule has 0 aliphatic carbocycles. The molecule has 37 heavy (non-hydrogen) atoms. The van der Waals surface area contributed by atoms with Crippen molar-refractivity contribution in [3.63, 3.8) is 0 Å². The Bertz CT molecular complexity index is 1280. The van der Waals surface area contributed by atoms with E-state index in [1.54, 1.807) is 0 Å². The lowest BCUT2D eigenvalue weighted by molar-refractivity contribution is -0.192. The molecule has 9 heteroatoms. The van der Waals surface area contributed by atoms with E-state index in [0.717, 1.165) is 35.6 Å². The summed E-state index contributed by atoms with van der Waals surface area (Å²) >= 11 is 0. The third-order valence-corrected chi connectivity index (χ3v) is 6.12. The molecule has 3 aromatic rings. The van der Waals surface area contributed by atoms with Crippen molar-refractivity contribution in [3.8, 4) is 0 Å². The first-order chi connectivity index (χ1) is 17.5. The van der Waals surface area contributed by atoms with Crippen molar-refractivity contribution >= 4 is 28.9 Å². The minimum absolute atomic E-state index is 0.0818. The average Bonchev–Trinajstić information content (AvgIpc) is 2.84. The van der Waals surface area contributed by atoms with Crippen LogP contribution in [0.5, 0.6) is 0 Å². The number of hydrogen-bond donors (Lipinski definition) is 4. The first-order valence-corrected chi connectivity index (χ1v) is 11.8. The quantitative estimate of drug-likeness (QED) is 0.304. The summed E-state index contributed by atoms with van der Waals surface area (Å²) < 4.78 is 31.7. The van der Waals surface area contributed by atoms with Crippen LogP contribution in [-0.2, 0) is 11.3 Å². The van der Waals surface area contributed by atoms with E-state index in [4.69, 9.17) is 9.90 Å². The normalized spacial score (nSPS) is 14.4. The summed E-state index contributed by atoms with van der Waals surface area (Å²) in [6.45, 7) is 7.99. The largest absolute Gasteiger partial charge is 0.490 e. The number of carbonyl (C=O) groups excluding carboxylic acids is 1. The van der Waals surface area contributed by atoms with Crippen molar-refractivity contribution in [2.75, 3.05) is 22.5 Å². The number of amides is 1. The number of para-hydroxylation sites is 2. The molecule has 1 atom stereocenters. The van der Waals surface area contributed by atoms with Gasteiger partial charge in [0.1, 0.15) is 0 Å². The summed E-state index contributed by atoms with van der Waals surface area (Å²) in [5.74, 6) is -2.38. The molecule has 1 aliphatic rings. The molecule has 1 unspecified atom stereocenters. The average molecular weight is 514 g/mol. The van der Waals surface area contributed by atoms with Crippen LogP contribution in [0.1, 0.15) is 51.9 Å². The van der Waals surface area contributed by atoms with Crippen LogP contribution in [0.2, 0.25) is 0 Å². The number of carboxylic acids is 1. The zero-order valence-electron chi connectivity index (χ0n) is 20.9. The number of carbonyl (C=O) groups is 2.